The molecular formula is C64H78ClFN10O8S. The number of thiazole rings is 1. The topological polar surface area (TPSA) is 206 Å². The molecule has 85 heavy (non-hydrogen) atoms. The van der Waals surface area contributed by atoms with E-state index in [1.165, 1.54) is 17.0 Å². The number of fused-ring (bicyclic) bond motifs is 2. The summed E-state index contributed by atoms with van der Waals surface area (Å²) in [5.74, 6) is -0.868. The summed E-state index contributed by atoms with van der Waals surface area (Å²) in [4.78, 5) is 78.6. The van der Waals surface area contributed by atoms with Crippen LogP contribution in [0.2, 0.25) is 5.02 Å². The van der Waals surface area contributed by atoms with Gasteiger partial charge in [-0.3, -0.25) is 29.0 Å². The number of amides is 4. The number of carbonyl (C=O) groups is 4. The van der Waals surface area contributed by atoms with Crippen LogP contribution in [-0.4, -0.2) is 177 Å². The summed E-state index contributed by atoms with van der Waals surface area (Å²) in [6.45, 7) is 21.2. The lowest BCUT2D eigenvalue weighted by atomic mass is 9.85. The molecule has 21 heteroatoms. The van der Waals surface area contributed by atoms with E-state index in [4.69, 9.17) is 31.0 Å². The number of carbonyl (C=O) groups excluding carboxylic acids is 4. The van der Waals surface area contributed by atoms with Crippen molar-refractivity contribution in [1.82, 2.24) is 45.2 Å². The molecule has 0 aliphatic carbocycles. The van der Waals surface area contributed by atoms with Crippen molar-refractivity contribution in [2.75, 3.05) is 83.5 Å². The smallest absolute Gasteiger partial charge is 0.319 e. The van der Waals surface area contributed by atoms with Crippen molar-refractivity contribution in [3.8, 4) is 33.3 Å². The number of nitrogens with zero attached hydrogens (tertiary/aromatic N) is 8. The number of aromatic nitrogens is 3. The van der Waals surface area contributed by atoms with Gasteiger partial charge in [-0.05, 0) is 123 Å². The van der Waals surface area contributed by atoms with Crippen molar-refractivity contribution in [3.05, 3.63) is 107 Å². The number of benzene rings is 4. The predicted octanol–water partition coefficient (Wildman–Crippen LogP) is 8.55. The molecule has 10 rings (SSSR count). The number of aromatic hydroxyl groups is 1. The minimum Gasteiger partial charge on any atom is -0.508 e. The molecule has 6 heterocycles. The van der Waals surface area contributed by atoms with Crippen LogP contribution in [0.5, 0.6) is 11.8 Å². The van der Waals surface area contributed by atoms with Gasteiger partial charge in [-0.15, -0.1) is 11.3 Å². The van der Waals surface area contributed by atoms with Crippen LogP contribution in [0.4, 0.5) is 10.2 Å². The zero-order valence-corrected chi connectivity index (χ0v) is 50.9. The van der Waals surface area contributed by atoms with E-state index >= 15 is 4.39 Å². The number of piperazine rings is 1. The SMILES string of the molecule is C=CC(=O)N1CCN(c2nc(O[C@H](C)CN3CCC(CCCOC4CN(CC(=O)N[C@H](C(=O)N5C[C@H](O)C[C@H]5C(=O)N[C@@H](C)c5ccc(-c6scnc6C)cc5)C(C)(C)C)C4)CC3)nc3c(F)c(-c4cc(O)cc5ccccc45)c(Cl)cc23)CC1. The average molecular weight is 1200 g/mol. The number of β-amino-alcohol motifs (C(OH)–C–C–N with tert-alkyl or cyclic N) is 1. The Morgan fingerprint density at radius 1 is 0.929 bits per heavy atom. The number of phenols is 1. The number of aliphatic hydroxyl groups is 1. The lowest BCUT2D eigenvalue weighted by Gasteiger charge is -2.40. The number of nitrogens with one attached hydrogen (secondary N) is 2. The largest absolute Gasteiger partial charge is 0.508 e. The van der Waals surface area contributed by atoms with Crippen molar-refractivity contribution in [2.24, 2.45) is 11.3 Å². The molecule has 0 saturated carbocycles. The number of anilines is 1. The van der Waals surface area contributed by atoms with E-state index < -0.39 is 35.3 Å². The zero-order chi connectivity index (χ0) is 60.3. The third kappa shape index (κ3) is 14.2. The van der Waals surface area contributed by atoms with E-state index in [0.717, 1.165) is 71.2 Å². The van der Waals surface area contributed by atoms with Crippen LogP contribution in [0.1, 0.15) is 84.0 Å². The number of piperidine rings is 1. The number of hydrogen-bond donors (Lipinski definition) is 4. The highest BCUT2D eigenvalue weighted by Gasteiger charge is 2.45. The number of aryl methyl sites for hydroxylation is 1. The minimum absolute atomic E-state index is 0.00302. The lowest BCUT2D eigenvalue weighted by Crippen LogP contribution is -2.60. The first-order valence-electron chi connectivity index (χ1n) is 29.6. The number of rotatable bonds is 20. The molecule has 452 valence electrons. The number of halogens is 2. The average Bonchev–Trinajstić information content (AvgIpc) is 4.10. The van der Waals surface area contributed by atoms with E-state index in [2.05, 4.69) is 27.1 Å². The number of phenolic OH excluding ortho intramolecular Hbond substituents is 1. The second kappa shape index (κ2) is 26.4. The molecule has 18 nitrogen and oxygen atoms in total. The van der Waals surface area contributed by atoms with Crippen LogP contribution in [0.25, 0.3) is 43.2 Å². The highest BCUT2D eigenvalue weighted by atomic mass is 35.5. The summed E-state index contributed by atoms with van der Waals surface area (Å²) in [7, 11) is 0. The van der Waals surface area contributed by atoms with Gasteiger partial charge in [0.2, 0.25) is 23.6 Å². The summed E-state index contributed by atoms with van der Waals surface area (Å²) in [5, 5.41) is 29.5. The molecule has 4 aromatic carbocycles. The van der Waals surface area contributed by atoms with Crippen molar-refractivity contribution in [2.45, 2.75) is 110 Å². The molecule has 4 aliphatic rings. The second-order valence-electron chi connectivity index (χ2n) is 24.4. The maximum atomic E-state index is 17.2. The number of aliphatic hydroxyl groups excluding tert-OH is 1. The van der Waals surface area contributed by atoms with Gasteiger partial charge in [-0.1, -0.05) is 87.5 Å². The van der Waals surface area contributed by atoms with Gasteiger partial charge in [0, 0.05) is 76.3 Å². The van der Waals surface area contributed by atoms with Gasteiger partial charge in [-0.25, -0.2) is 9.37 Å². The number of likely N-dealkylation sites (tertiary alicyclic amines) is 3. The van der Waals surface area contributed by atoms with E-state index in [9.17, 15) is 29.4 Å². The molecule has 4 amide bonds. The highest BCUT2D eigenvalue weighted by molar-refractivity contribution is 7.13. The Labute approximate surface area is 505 Å². The molecule has 4 fully saturated rings. The monoisotopic (exact) mass is 1200 g/mol. The molecule has 5 atom stereocenters. The fourth-order valence-electron chi connectivity index (χ4n) is 12.3. The van der Waals surface area contributed by atoms with E-state index in [1.54, 1.807) is 28.4 Å². The molecule has 6 aromatic rings. The number of hydrogen-bond acceptors (Lipinski definition) is 15. The first kappa shape index (κ1) is 61.3. The van der Waals surface area contributed by atoms with Crippen molar-refractivity contribution in [1.29, 1.82) is 0 Å². The standard InChI is InChI=1S/C64H78ClFN10O8S/c1-8-54(80)74-23-25-75(26-24-74)60-50-31-51(65)55(49-29-45(77)28-44-13-9-10-14-48(44)49)56(66)57(50)70-63(71-60)84-38(2)32-72-21-19-41(20-22-72)12-11-27-83-47-34-73(35-47)36-53(79)69-59(64(5,6)7)62(82)76-33-46(78)30-52(76)61(81)68-39(3)42-15-17-43(18-16-42)58-40(4)67-37-85-58/h8-10,13-18,28-29,31,37-39,41,46-47,52,59,77-78H,1,11-12,19-27,30,32-36H2,2-7H3,(H,68,81)(H,69,79)/t38-,39+,46-,52+,59-/m1/s1. The van der Waals surface area contributed by atoms with Crippen LogP contribution in [-0.2, 0) is 23.9 Å². The van der Waals surface area contributed by atoms with Crippen molar-refractivity contribution in [3.63, 3.8) is 0 Å². The Morgan fingerprint density at radius 2 is 1.66 bits per heavy atom. The van der Waals surface area contributed by atoms with Gasteiger partial charge >= 0.3 is 6.01 Å². The summed E-state index contributed by atoms with van der Waals surface area (Å²) < 4.78 is 29.9. The summed E-state index contributed by atoms with van der Waals surface area (Å²) in [5.41, 5.74) is 4.65. The van der Waals surface area contributed by atoms with Crippen LogP contribution >= 0.6 is 22.9 Å². The molecule has 4 saturated heterocycles. The fourth-order valence-corrected chi connectivity index (χ4v) is 13.4. The summed E-state index contributed by atoms with van der Waals surface area (Å²) in [6.07, 6.45) is 4.24. The summed E-state index contributed by atoms with van der Waals surface area (Å²) in [6, 6.07) is 18.1. The molecule has 4 N–H and O–H groups in total. The Balaban J connectivity index is 0.668. The van der Waals surface area contributed by atoms with Crippen LogP contribution in [0.15, 0.2) is 84.9 Å². The van der Waals surface area contributed by atoms with Crippen LogP contribution in [0, 0.1) is 24.1 Å². The third-order valence-electron chi connectivity index (χ3n) is 17.0. The van der Waals surface area contributed by atoms with Gasteiger partial charge in [0.1, 0.15) is 35.3 Å². The molecule has 0 radical (unpaired) electrons. The zero-order valence-electron chi connectivity index (χ0n) is 49.4. The van der Waals surface area contributed by atoms with Gasteiger partial charge in [0.25, 0.3) is 0 Å². The molecule has 4 aliphatic heterocycles. The Hall–Kier alpha value is -6.81. The van der Waals surface area contributed by atoms with Gasteiger partial charge in [0.15, 0.2) is 5.82 Å². The van der Waals surface area contributed by atoms with Crippen molar-refractivity contribution >= 4 is 74.1 Å². The Morgan fingerprint density at radius 3 is 2.35 bits per heavy atom. The van der Waals surface area contributed by atoms with E-state index in [-0.39, 0.29) is 83.3 Å². The predicted molar refractivity (Wildman–Crippen MR) is 329 cm³/mol. The normalized spacial score (nSPS) is 19.4. The highest BCUT2D eigenvalue weighted by Crippen LogP contribution is 2.43. The Kier molecular flexibility index (Phi) is 19.1. The van der Waals surface area contributed by atoms with Gasteiger partial charge in [-0.2, -0.15) is 9.97 Å². The maximum Gasteiger partial charge on any atom is 0.319 e. The van der Waals surface area contributed by atoms with Gasteiger partial charge < -0.3 is 45.0 Å². The molecular weight excluding hydrogens is 1120 g/mol. The summed E-state index contributed by atoms with van der Waals surface area (Å²) >= 11 is 8.53. The van der Waals surface area contributed by atoms with Crippen LogP contribution < -0.4 is 20.3 Å². The first-order chi connectivity index (χ1) is 40.7. The van der Waals surface area contributed by atoms with Crippen molar-refractivity contribution < 1.29 is 43.3 Å². The Bertz CT molecular complexity index is 3410. The molecule has 2 aromatic heterocycles. The fraction of sp³-hybridized carbons (Fsp3) is 0.484. The molecule has 0 unspecified atom stereocenters. The quantitative estimate of drug-likeness (QED) is 0.0418. The third-order valence-corrected chi connectivity index (χ3v) is 18.3. The second-order valence-corrected chi connectivity index (χ2v) is 25.6. The molecule has 0 spiro atoms. The minimum atomic E-state index is -0.921. The van der Waals surface area contributed by atoms with Gasteiger partial charge in [0.05, 0.1) is 45.9 Å². The van der Waals surface area contributed by atoms with E-state index in [1.807, 2.05) is 105 Å². The lowest BCUT2D eigenvalue weighted by molar-refractivity contribution is -0.144. The number of ether oxygens (including phenoxy) is 2. The van der Waals surface area contributed by atoms with Crippen LogP contribution in [0.3, 0.4) is 0 Å². The maximum absolute atomic E-state index is 17.2. The van der Waals surface area contributed by atoms with E-state index in [0.29, 0.717) is 75.1 Å². The first-order valence-corrected chi connectivity index (χ1v) is 30.9. The molecule has 0 bridgehead atoms.